The van der Waals surface area contributed by atoms with Crippen molar-refractivity contribution in [2.24, 2.45) is 11.5 Å². The van der Waals surface area contributed by atoms with Crippen LogP contribution in [0.4, 0.5) is 11.9 Å². The van der Waals surface area contributed by atoms with Gasteiger partial charge in [0.1, 0.15) is 28.1 Å². The van der Waals surface area contributed by atoms with Crippen LogP contribution in [0.3, 0.4) is 0 Å². The molecule has 2 aliphatic heterocycles. The zero-order valence-corrected chi connectivity index (χ0v) is 35.5. The number of rotatable bonds is 16. The van der Waals surface area contributed by atoms with Gasteiger partial charge >= 0.3 is 0 Å². The number of primary amides is 2. The van der Waals surface area contributed by atoms with Crippen LogP contribution in [0, 0.1) is 27.7 Å². The maximum Gasteiger partial charge on any atom is 0.295 e. The number of nitrogens with one attached hydrogen (secondary N) is 3. The van der Waals surface area contributed by atoms with Gasteiger partial charge in [0.15, 0.2) is 11.8 Å². The number of methoxy groups -OCH3 is 1. The number of ether oxygens (including phenoxy) is 3. The third kappa shape index (κ3) is 8.70. The molecule has 0 unspecified atom stereocenters. The monoisotopic (exact) mass is 864 g/mol. The Morgan fingerprint density at radius 2 is 1.32 bits per heavy atom. The van der Waals surface area contributed by atoms with E-state index < -0.39 is 23.6 Å². The molecular weight excluding hydrogens is 817 g/mol. The van der Waals surface area contributed by atoms with E-state index in [1.807, 2.05) is 12.2 Å². The van der Waals surface area contributed by atoms with E-state index in [9.17, 15) is 19.2 Å². The lowest BCUT2D eigenvalue weighted by Crippen LogP contribution is -2.69. The Balaban J connectivity index is 1.11. The van der Waals surface area contributed by atoms with Crippen LogP contribution in [0.5, 0.6) is 11.5 Å². The second-order valence-electron chi connectivity index (χ2n) is 15.5. The number of nitrogens with two attached hydrogens (primary N) is 2. The topological polar surface area (TPSA) is 275 Å². The molecule has 0 radical (unpaired) electrons. The number of hydrogen-bond acceptors (Lipinski definition) is 15. The molecule has 0 aliphatic carbocycles. The molecule has 0 bridgehead atoms. The van der Waals surface area contributed by atoms with Crippen molar-refractivity contribution in [3.8, 4) is 11.5 Å². The Morgan fingerprint density at radius 3 is 1.78 bits per heavy atom. The number of imidazole rings is 2. The maximum absolute atomic E-state index is 13.6. The summed E-state index contributed by atoms with van der Waals surface area (Å²) >= 11 is 0. The highest BCUT2D eigenvalue weighted by Gasteiger charge is 2.44. The van der Waals surface area contributed by atoms with Gasteiger partial charge in [-0.25, -0.2) is 19.9 Å². The van der Waals surface area contributed by atoms with E-state index >= 15 is 0 Å². The van der Waals surface area contributed by atoms with Crippen molar-refractivity contribution in [1.82, 2.24) is 39.3 Å². The van der Waals surface area contributed by atoms with Crippen LogP contribution in [0.1, 0.15) is 71.4 Å². The second-order valence-corrected chi connectivity index (χ2v) is 15.5. The molecule has 6 aromatic rings. The van der Waals surface area contributed by atoms with E-state index in [1.165, 1.54) is 19.2 Å². The normalized spacial score (nSPS) is 15.0. The molecule has 4 amide bonds. The van der Waals surface area contributed by atoms with Gasteiger partial charge in [0.25, 0.3) is 11.8 Å². The molecule has 2 aliphatic rings. The molecule has 21 heteroatoms. The molecule has 8 rings (SSSR count). The average Bonchev–Trinajstić information content (AvgIpc) is 3.98. The van der Waals surface area contributed by atoms with Crippen LogP contribution in [-0.4, -0.2) is 116 Å². The van der Waals surface area contributed by atoms with Gasteiger partial charge in [-0.1, -0.05) is 12.2 Å². The van der Waals surface area contributed by atoms with E-state index in [1.54, 1.807) is 49.0 Å². The number of aromatic nitrogens is 6. The molecule has 2 aromatic carbocycles. The van der Waals surface area contributed by atoms with Gasteiger partial charge in [0.2, 0.25) is 35.2 Å². The van der Waals surface area contributed by atoms with Gasteiger partial charge in [-0.3, -0.25) is 34.7 Å². The molecule has 4 aromatic heterocycles. The fourth-order valence-electron chi connectivity index (χ4n) is 8.02. The number of carbonyl (C=O) groups is 4. The Labute approximate surface area is 360 Å². The lowest BCUT2D eigenvalue weighted by atomic mass is 9.92. The summed E-state index contributed by atoms with van der Waals surface area (Å²) in [4.78, 5) is 71.9. The number of likely N-dealkylation sites (tertiary alicyclic amines) is 1. The quantitative estimate of drug-likeness (QED) is 0.0691. The predicted octanol–water partition coefficient (Wildman–Crippen LogP) is 3.01. The summed E-state index contributed by atoms with van der Waals surface area (Å²) in [6, 6.07) is 6.12. The number of fused-ring (bicyclic) bond motifs is 2. The SMILES string of the molecule is COc1cc(C(N)=O)cc2nc(NC(=O)c3oc(C)nc3C)n(C/C=C/Cn3c(NC(=O)c4oc(C)nc4C)nc4cc(C(N)=O)cc(OCCCN5CC6(CNCCO6)C5)c43)c12. The van der Waals surface area contributed by atoms with Crippen molar-refractivity contribution in [3.05, 3.63) is 82.2 Å². The summed E-state index contributed by atoms with van der Waals surface area (Å²) in [7, 11) is 1.45. The fraction of sp³-hybridized carbons (Fsp3) is 0.381. The van der Waals surface area contributed by atoms with E-state index in [0.717, 1.165) is 32.7 Å². The minimum absolute atomic E-state index is 0.0155. The number of benzene rings is 2. The minimum Gasteiger partial charge on any atom is -0.494 e. The smallest absolute Gasteiger partial charge is 0.295 e. The molecule has 7 N–H and O–H groups in total. The summed E-state index contributed by atoms with van der Waals surface area (Å²) in [6.45, 7) is 12.0. The lowest BCUT2D eigenvalue weighted by Gasteiger charge is -2.51. The summed E-state index contributed by atoms with van der Waals surface area (Å²) in [5, 5.41) is 9.06. The van der Waals surface area contributed by atoms with Gasteiger partial charge in [-0.05, 0) is 44.5 Å². The highest BCUT2D eigenvalue weighted by atomic mass is 16.5. The summed E-state index contributed by atoms with van der Waals surface area (Å²) in [6.07, 6.45) is 4.32. The first-order chi connectivity index (χ1) is 30.2. The molecule has 6 heterocycles. The first kappa shape index (κ1) is 42.6. The highest BCUT2D eigenvalue weighted by Crippen LogP contribution is 2.34. The van der Waals surface area contributed by atoms with Crippen molar-refractivity contribution in [2.45, 2.75) is 52.8 Å². The van der Waals surface area contributed by atoms with E-state index in [2.05, 4.69) is 35.8 Å². The van der Waals surface area contributed by atoms with Crippen LogP contribution < -0.4 is 36.9 Å². The average molecular weight is 865 g/mol. The van der Waals surface area contributed by atoms with Crippen molar-refractivity contribution >= 4 is 57.6 Å². The number of aryl methyl sites for hydroxylation is 4. The van der Waals surface area contributed by atoms with Crippen molar-refractivity contribution in [2.75, 3.05) is 63.7 Å². The lowest BCUT2D eigenvalue weighted by molar-refractivity contribution is -0.156. The molecule has 330 valence electrons. The first-order valence-corrected chi connectivity index (χ1v) is 20.3. The Kier molecular flexibility index (Phi) is 11.7. The first-order valence-electron chi connectivity index (χ1n) is 20.3. The third-order valence-corrected chi connectivity index (χ3v) is 10.8. The zero-order valence-electron chi connectivity index (χ0n) is 35.5. The maximum atomic E-state index is 13.6. The van der Waals surface area contributed by atoms with E-state index in [-0.39, 0.29) is 59.0 Å². The number of morpholine rings is 1. The molecular formula is C42H48N12O9. The van der Waals surface area contributed by atoms with Crippen LogP contribution in [0.25, 0.3) is 22.1 Å². The largest absolute Gasteiger partial charge is 0.494 e. The summed E-state index contributed by atoms with van der Waals surface area (Å²) < 4.78 is 32.7. The van der Waals surface area contributed by atoms with Crippen LogP contribution in [0.15, 0.2) is 45.3 Å². The zero-order chi connectivity index (χ0) is 44.6. The number of hydrogen-bond donors (Lipinski definition) is 5. The number of carbonyl (C=O) groups excluding carboxylic acids is 4. The minimum atomic E-state index is -0.685. The molecule has 21 nitrogen and oxygen atoms in total. The Morgan fingerprint density at radius 1 is 0.794 bits per heavy atom. The van der Waals surface area contributed by atoms with Crippen molar-refractivity contribution in [1.29, 1.82) is 0 Å². The molecule has 2 saturated heterocycles. The Hall–Kier alpha value is -7.10. The van der Waals surface area contributed by atoms with Crippen LogP contribution in [-0.2, 0) is 17.8 Å². The summed E-state index contributed by atoms with van der Waals surface area (Å²) in [5.74, 6) is -0.970. The molecule has 2 fully saturated rings. The van der Waals surface area contributed by atoms with Crippen LogP contribution >= 0.6 is 0 Å². The highest BCUT2D eigenvalue weighted by molar-refractivity contribution is 6.05. The standard InChI is InChI=1S/C42H48N12O9/c1-22-34(62-24(3)46-22)38(57)50-40-48-28-15-26(36(43)55)17-30(59-5)32(28)53(40)11-6-7-12-54-33-29(49-41(54)51-39(58)35-23(2)47-25(4)63-35)16-27(37(44)56)18-31(33)60-13-8-10-52-20-42(21-52)19-45-9-14-61-42/h6-7,15-18,45H,8-14,19-21H2,1-5H3,(H2,43,55)(H2,44,56)(H,48,50,57)(H,49,51,58)/b7-6+. The van der Waals surface area contributed by atoms with Gasteiger partial charge in [0, 0.05) is 70.8 Å². The molecule has 1 spiro atoms. The molecule has 0 saturated carbocycles. The fourth-order valence-corrected chi connectivity index (χ4v) is 8.02. The van der Waals surface area contributed by atoms with Gasteiger partial charge in [-0.2, -0.15) is 0 Å². The van der Waals surface area contributed by atoms with Crippen molar-refractivity contribution < 1.29 is 42.2 Å². The molecule has 63 heavy (non-hydrogen) atoms. The van der Waals surface area contributed by atoms with Crippen LogP contribution in [0.2, 0.25) is 0 Å². The van der Waals surface area contributed by atoms with Crippen molar-refractivity contribution in [3.63, 3.8) is 0 Å². The van der Waals surface area contributed by atoms with Gasteiger partial charge < -0.3 is 49.0 Å². The third-order valence-electron chi connectivity index (χ3n) is 10.8. The predicted molar refractivity (Wildman–Crippen MR) is 228 cm³/mol. The van der Waals surface area contributed by atoms with E-state index in [4.69, 9.17) is 39.5 Å². The number of oxazole rings is 2. The summed E-state index contributed by atoms with van der Waals surface area (Å²) in [5.41, 5.74) is 14.0. The molecule has 0 atom stereocenters. The second kappa shape index (κ2) is 17.3. The van der Waals surface area contributed by atoms with Gasteiger partial charge in [0.05, 0.1) is 42.7 Å². The van der Waals surface area contributed by atoms with Gasteiger partial charge in [-0.15, -0.1) is 0 Å². The Bertz CT molecular complexity index is 2780. The number of allylic oxidation sites excluding steroid dienone is 2. The number of anilines is 2. The number of amides is 4. The van der Waals surface area contributed by atoms with E-state index in [0.29, 0.717) is 70.6 Å². The number of nitrogens with zero attached hydrogens (tertiary/aromatic N) is 7.